The number of carbonyl (C=O) groups is 1. The fourth-order valence-corrected chi connectivity index (χ4v) is 2.00. The van der Waals surface area contributed by atoms with Crippen molar-refractivity contribution in [3.8, 4) is 0 Å². The molecule has 16 heavy (non-hydrogen) atoms. The topological polar surface area (TPSA) is 54.9 Å². The Bertz CT molecular complexity index is 521. The second-order valence-electron chi connectivity index (χ2n) is 3.43. The van der Waals surface area contributed by atoms with Gasteiger partial charge in [0.25, 0.3) is 5.91 Å². The van der Waals surface area contributed by atoms with Gasteiger partial charge in [-0.15, -0.1) is 0 Å². The first-order valence-corrected chi connectivity index (χ1v) is 5.66. The van der Waals surface area contributed by atoms with Crippen LogP contribution >= 0.6 is 11.5 Å². The smallest absolute Gasteiger partial charge is 0.259 e. The molecule has 1 amide bonds. The Hall–Kier alpha value is -1.75. The number of aryl methyl sites for hydroxylation is 2. The lowest BCUT2D eigenvalue weighted by Crippen LogP contribution is -2.13. The van der Waals surface area contributed by atoms with Crippen LogP contribution in [0.2, 0.25) is 0 Å². The Morgan fingerprint density at radius 3 is 2.81 bits per heavy atom. The number of nitrogens with zero attached hydrogens (tertiary/aromatic N) is 2. The first-order valence-electron chi connectivity index (χ1n) is 4.83. The van der Waals surface area contributed by atoms with Crippen LogP contribution in [0.1, 0.15) is 21.7 Å². The van der Waals surface area contributed by atoms with Crippen LogP contribution in [0.25, 0.3) is 0 Å². The minimum Gasteiger partial charge on any atom is -0.306 e. The Morgan fingerprint density at radius 1 is 1.38 bits per heavy atom. The maximum atomic E-state index is 11.8. The molecule has 82 valence electrons. The molecule has 0 radical (unpaired) electrons. The van der Waals surface area contributed by atoms with E-state index in [0.717, 1.165) is 11.4 Å². The van der Waals surface area contributed by atoms with Gasteiger partial charge in [0, 0.05) is 11.1 Å². The molecule has 0 saturated carbocycles. The van der Waals surface area contributed by atoms with Gasteiger partial charge in [0.2, 0.25) is 0 Å². The molecular formula is C11H11N3OS. The maximum Gasteiger partial charge on any atom is 0.259 e. The highest BCUT2D eigenvalue weighted by Crippen LogP contribution is 2.12. The Morgan fingerprint density at radius 2 is 2.19 bits per heavy atom. The molecule has 0 fully saturated rings. The molecule has 5 heteroatoms. The molecule has 0 atom stereocenters. The molecule has 2 aromatic heterocycles. The summed E-state index contributed by atoms with van der Waals surface area (Å²) in [5.41, 5.74) is 2.22. The molecule has 0 aromatic carbocycles. The molecule has 1 N–H and O–H groups in total. The van der Waals surface area contributed by atoms with E-state index in [1.54, 1.807) is 11.4 Å². The first kappa shape index (κ1) is 10.8. The predicted octanol–water partition coefficient (Wildman–Crippen LogP) is 2.41. The second kappa shape index (κ2) is 4.40. The summed E-state index contributed by atoms with van der Waals surface area (Å²) >= 11 is 1.28. The van der Waals surface area contributed by atoms with Crippen molar-refractivity contribution in [1.82, 2.24) is 9.36 Å². The minimum absolute atomic E-state index is 0.163. The normalized spacial score (nSPS) is 10.1. The van der Waals surface area contributed by atoms with Gasteiger partial charge in [-0.2, -0.15) is 4.37 Å². The number of hydrogen-bond donors (Lipinski definition) is 1. The number of aromatic nitrogens is 2. The summed E-state index contributed by atoms with van der Waals surface area (Å²) in [6, 6.07) is 5.50. The summed E-state index contributed by atoms with van der Waals surface area (Å²) in [5.74, 6) is 0.403. The van der Waals surface area contributed by atoms with E-state index >= 15 is 0 Å². The van der Waals surface area contributed by atoms with Gasteiger partial charge in [-0.1, -0.05) is 6.07 Å². The number of anilines is 1. The van der Waals surface area contributed by atoms with Crippen molar-refractivity contribution >= 4 is 23.3 Å². The number of carbonyl (C=O) groups excluding carboxylic acids is 1. The summed E-state index contributed by atoms with van der Waals surface area (Å²) in [7, 11) is 0. The Kier molecular flexibility index (Phi) is 2.96. The minimum atomic E-state index is -0.163. The van der Waals surface area contributed by atoms with Crippen molar-refractivity contribution < 1.29 is 4.79 Å². The summed E-state index contributed by atoms with van der Waals surface area (Å²) in [6.45, 7) is 3.70. The molecule has 2 aromatic rings. The van der Waals surface area contributed by atoms with Gasteiger partial charge in [-0.25, -0.2) is 4.98 Å². The van der Waals surface area contributed by atoms with Crippen LogP contribution in [0.5, 0.6) is 0 Å². The van der Waals surface area contributed by atoms with Gasteiger partial charge < -0.3 is 5.32 Å². The lowest BCUT2D eigenvalue weighted by atomic mass is 10.2. The maximum absolute atomic E-state index is 11.8. The largest absolute Gasteiger partial charge is 0.306 e. The molecule has 4 nitrogen and oxygen atoms in total. The molecule has 0 spiro atoms. The third-order valence-corrected chi connectivity index (χ3v) is 2.84. The zero-order chi connectivity index (χ0) is 11.5. The average Bonchev–Trinajstić information content (AvgIpc) is 2.64. The van der Waals surface area contributed by atoms with Gasteiger partial charge in [0.1, 0.15) is 5.82 Å². The van der Waals surface area contributed by atoms with E-state index in [4.69, 9.17) is 0 Å². The SMILES string of the molecule is Cc1cccc(NC(=O)c2csnc2C)n1. The van der Waals surface area contributed by atoms with E-state index in [-0.39, 0.29) is 5.91 Å². The first-order chi connectivity index (χ1) is 7.66. The van der Waals surface area contributed by atoms with Crippen LogP contribution < -0.4 is 5.32 Å². The number of hydrogen-bond acceptors (Lipinski definition) is 4. The third kappa shape index (κ3) is 2.25. The van der Waals surface area contributed by atoms with E-state index in [1.807, 2.05) is 26.0 Å². The van der Waals surface area contributed by atoms with Gasteiger partial charge in [0.15, 0.2) is 0 Å². The van der Waals surface area contributed by atoms with Crippen LogP contribution in [-0.4, -0.2) is 15.3 Å². The van der Waals surface area contributed by atoms with E-state index in [2.05, 4.69) is 14.7 Å². The number of pyridine rings is 1. The van der Waals surface area contributed by atoms with Crippen LogP contribution in [0.3, 0.4) is 0 Å². The molecule has 0 saturated heterocycles. The van der Waals surface area contributed by atoms with E-state index in [0.29, 0.717) is 11.4 Å². The van der Waals surface area contributed by atoms with Crippen LogP contribution in [0.15, 0.2) is 23.6 Å². The third-order valence-electron chi connectivity index (χ3n) is 2.12. The van der Waals surface area contributed by atoms with Crippen molar-refractivity contribution in [2.45, 2.75) is 13.8 Å². The Balaban J connectivity index is 2.17. The number of nitrogens with one attached hydrogen (secondary N) is 1. The van der Waals surface area contributed by atoms with Crippen LogP contribution in [0.4, 0.5) is 5.82 Å². The highest BCUT2D eigenvalue weighted by Gasteiger charge is 2.11. The molecule has 0 unspecified atom stereocenters. The monoisotopic (exact) mass is 233 g/mol. The quantitative estimate of drug-likeness (QED) is 0.866. The van der Waals surface area contributed by atoms with E-state index < -0.39 is 0 Å². The predicted molar refractivity (Wildman–Crippen MR) is 63.8 cm³/mol. The molecule has 0 aliphatic carbocycles. The van der Waals surface area contributed by atoms with Gasteiger partial charge in [-0.3, -0.25) is 4.79 Å². The van der Waals surface area contributed by atoms with E-state index in [9.17, 15) is 4.79 Å². The zero-order valence-electron chi connectivity index (χ0n) is 9.02. The van der Waals surface area contributed by atoms with Crippen molar-refractivity contribution in [3.05, 3.63) is 40.5 Å². The molecular weight excluding hydrogens is 222 g/mol. The summed E-state index contributed by atoms with van der Waals surface area (Å²) in [4.78, 5) is 16.0. The zero-order valence-corrected chi connectivity index (χ0v) is 9.84. The highest BCUT2D eigenvalue weighted by molar-refractivity contribution is 7.04. The summed E-state index contributed by atoms with van der Waals surface area (Å²) in [6.07, 6.45) is 0. The van der Waals surface area contributed by atoms with Crippen LogP contribution in [0, 0.1) is 13.8 Å². The van der Waals surface area contributed by atoms with E-state index in [1.165, 1.54) is 11.5 Å². The van der Waals surface area contributed by atoms with Gasteiger partial charge in [-0.05, 0) is 37.5 Å². The lowest BCUT2D eigenvalue weighted by Gasteiger charge is -2.03. The fourth-order valence-electron chi connectivity index (χ4n) is 1.31. The molecule has 0 aliphatic heterocycles. The number of rotatable bonds is 2. The molecule has 2 heterocycles. The number of amides is 1. The standard InChI is InChI=1S/C11H11N3OS/c1-7-4-3-5-10(12-7)13-11(15)9-6-16-14-8(9)2/h3-6H,1-2H3,(H,12,13,15). The summed E-state index contributed by atoms with van der Waals surface area (Å²) in [5, 5.41) is 4.48. The average molecular weight is 233 g/mol. The Labute approximate surface area is 97.5 Å². The second-order valence-corrected chi connectivity index (χ2v) is 4.06. The fraction of sp³-hybridized carbons (Fsp3) is 0.182. The van der Waals surface area contributed by atoms with Gasteiger partial charge in [0.05, 0.1) is 11.3 Å². The van der Waals surface area contributed by atoms with Crippen molar-refractivity contribution in [2.24, 2.45) is 0 Å². The highest BCUT2D eigenvalue weighted by atomic mass is 32.1. The summed E-state index contributed by atoms with van der Waals surface area (Å²) < 4.78 is 4.06. The van der Waals surface area contributed by atoms with Crippen molar-refractivity contribution in [3.63, 3.8) is 0 Å². The van der Waals surface area contributed by atoms with Crippen LogP contribution in [-0.2, 0) is 0 Å². The van der Waals surface area contributed by atoms with Gasteiger partial charge >= 0.3 is 0 Å². The lowest BCUT2D eigenvalue weighted by molar-refractivity contribution is 0.102. The van der Waals surface area contributed by atoms with Crippen molar-refractivity contribution in [2.75, 3.05) is 5.32 Å². The van der Waals surface area contributed by atoms with Crippen molar-refractivity contribution in [1.29, 1.82) is 0 Å². The molecule has 0 aliphatic rings. The molecule has 2 rings (SSSR count). The molecule has 0 bridgehead atoms.